The Labute approximate surface area is 99.3 Å². The predicted octanol–water partition coefficient (Wildman–Crippen LogP) is -2.24. The van der Waals surface area contributed by atoms with E-state index >= 15 is 0 Å². The first-order valence-corrected chi connectivity index (χ1v) is 5.16. The predicted molar refractivity (Wildman–Crippen MR) is 57.0 cm³/mol. The standard InChI is InChI=1S/C10H20O7/c1-10(2,3)17-9(16)8(15)7(14)6(13)5(12)4-11/h5-8,11-15H,4H2,1-3H3/t5-,6-,7+,8-/m1/s1. The monoisotopic (exact) mass is 252 g/mol. The molecule has 0 saturated heterocycles. The molecule has 0 aliphatic heterocycles. The average Bonchev–Trinajstić information content (AvgIpc) is 2.22. The molecule has 17 heavy (non-hydrogen) atoms. The molecule has 0 aliphatic rings. The maximum atomic E-state index is 11.3. The van der Waals surface area contributed by atoms with Crippen molar-refractivity contribution in [2.24, 2.45) is 0 Å². The summed E-state index contributed by atoms with van der Waals surface area (Å²) in [5, 5.41) is 45.6. The molecule has 0 rings (SSSR count). The van der Waals surface area contributed by atoms with E-state index in [2.05, 4.69) is 0 Å². The Morgan fingerprint density at radius 3 is 1.94 bits per heavy atom. The SMILES string of the molecule is CC(C)(C)OC(=O)[C@H](O)[C@@H](O)[C@H](O)[C@H](O)CO. The lowest BCUT2D eigenvalue weighted by Gasteiger charge is -2.27. The lowest BCUT2D eigenvalue weighted by Crippen LogP contribution is -2.50. The highest BCUT2D eigenvalue weighted by Crippen LogP contribution is 2.12. The maximum Gasteiger partial charge on any atom is 0.338 e. The number of ether oxygens (including phenoxy) is 1. The molecule has 0 radical (unpaired) electrons. The molecule has 7 heteroatoms. The van der Waals surface area contributed by atoms with E-state index in [0.717, 1.165) is 0 Å². The zero-order valence-electron chi connectivity index (χ0n) is 10.1. The van der Waals surface area contributed by atoms with Crippen molar-refractivity contribution in [1.82, 2.24) is 0 Å². The van der Waals surface area contributed by atoms with Gasteiger partial charge in [-0.1, -0.05) is 0 Å². The Hall–Kier alpha value is -0.730. The molecule has 0 unspecified atom stereocenters. The van der Waals surface area contributed by atoms with Crippen LogP contribution in [0.15, 0.2) is 0 Å². The molecule has 0 heterocycles. The largest absolute Gasteiger partial charge is 0.458 e. The molecule has 102 valence electrons. The number of carbonyl (C=O) groups is 1. The Morgan fingerprint density at radius 2 is 1.59 bits per heavy atom. The van der Waals surface area contributed by atoms with Gasteiger partial charge in [0.05, 0.1) is 6.61 Å². The molecule has 0 aromatic heterocycles. The Kier molecular flexibility index (Phi) is 6.00. The van der Waals surface area contributed by atoms with Crippen molar-refractivity contribution < 1.29 is 35.1 Å². The molecular weight excluding hydrogens is 232 g/mol. The van der Waals surface area contributed by atoms with Crippen LogP contribution in [0.25, 0.3) is 0 Å². The van der Waals surface area contributed by atoms with Crippen LogP contribution in [0.5, 0.6) is 0 Å². The summed E-state index contributed by atoms with van der Waals surface area (Å²) in [5.41, 5.74) is -0.849. The van der Waals surface area contributed by atoms with Crippen molar-refractivity contribution in [3.63, 3.8) is 0 Å². The molecule has 0 aromatic rings. The molecule has 0 bridgehead atoms. The molecule has 5 N–H and O–H groups in total. The summed E-state index contributed by atoms with van der Waals surface area (Å²) in [6, 6.07) is 0. The molecule has 0 aromatic carbocycles. The van der Waals surface area contributed by atoms with Crippen LogP contribution in [0.3, 0.4) is 0 Å². The van der Waals surface area contributed by atoms with E-state index in [1.165, 1.54) is 0 Å². The number of aliphatic hydroxyl groups is 5. The zero-order valence-corrected chi connectivity index (χ0v) is 10.1. The van der Waals surface area contributed by atoms with Crippen LogP contribution in [-0.4, -0.2) is 68.1 Å². The van der Waals surface area contributed by atoms with Crippen molar-refractivity contribution >= 4 is 5.97 Å². The van der Waals surface area contributed by atoms with E-state index in [0.29, 0.717) is 0 Å². The van der Waals surface area contributed by atoms with Gasteiger partial charge in [-0.05, 0) is 20.8 Å². The summed E-state index contributed by atoms with van der Waals surface area (Å²) in [7, 11) is 0. The molecule has 7 nitrogen and oxygen atoms in total. The molecule has 0 spiro atoms. The second kappa shape index (κ2) is 6.27. The highest BCUT2D eigenvalue weighted by molar-refractivity contribution is 5.75. The number of hydrogen-bond donors (Lipinski definition) is 5. The quantitative estimate of drug-likeness (QED) is 0.350. The van der Waals surface area contributed by atoms with Crippen LogP contribution in [0.2, 0.25) is 0 Å². The van der Waals surface area contributed by atoms with E-state index in [-0.39, 0.29) is 0 Å². The van der Waals surface area contributed by atoms with Gasteiger partial charge in [-0.2, -0.15) is 0 Å². The summed E-state index contributed by atoms with van der Waals surface area (Å²) < 4.78 is 4.78. The number of hydrogen-bond acceptors (Lipinski definition) is 7. The number of carbonyl (C=O) groups excluding carboxylic acids is 1. The van der Waals surface area contributed by atoms with E-state index in [9.17, 15) is 20.1 Å². The van der Waals surface area contributed by atoms with Gasteiger partial charge >= 0.3 is 5.97 Å². The third-order valence-corrected chi connectivity index (χ3v) is 1.90. The van der Waals surface area contributed by atoms with Crippen LogP contribution < -0.4 is 0 Å². The highest BCUT2D eigenvalue weighted by atomic mass is 16.6. The van der Waals surface area contributed by atoms with Gasteiger partial charge in [0, 0.05) is 0 Å². The minimum Gasteiger partial charge on any atom is -0.458 e. The summed E-state index contributed by atoms with van der Waals surface area (Å²) in [6.45, 7) is 3.91. The highest BCUT2D eigenvalue weighted by Gasteiger charge is 2.36. The molecule has 0 saturated carbocycles. The summed E-state index contributed by atoms with van der Waals surface area (Å²) >= 11 is 0. The lowest BCUT2D eigenvalue weighted by atomic mass is 10.0. The number of aliphatic hydroxyl groups excluding tert-OH is 5. The first-order chi connectivity index (χ1) is 7.60. The third kappa shape index (κ3) is 5.42. The smallest absolute Gasteiger partial charge is 0.338 e. The third-order valence-electron chi connectivity index (χ3n) is 1.90. The second-order valence-electron chi connectivity index (χ2n) is 4.71. The van der Waals surface area contributed by atoms with Crippen molar-refractivity contribution in [3.05, 3.63) is 0 Å². The van der Waals surface area contributed by atoms with Crippen molar-refractivity contribution in [2.75, 3.05) is 6.61 Å². The fraction of sp³-hybridized carbons (Fsp3) is 0.900. The fourth-order valence-electron chi connectivity index (χ4n) is 1.02. The van der Waals surface area contributed by atoms with Gasteiger partial charge < -0.3 is 30.3 Å². The first-order valence-electron chi connectivity index (χ1n) is 5.16. The summed E-state index contributed by atoms with van der Waals surface area (Å²) in [6.07, 6.45) is -7.43. The van der Waals surface area contributed by atoms with Crippen LogP contribution >= 0.6 is 0 Å². The van der Waals surface area contributed by atoms with Crippen LogP contribution in [-0.2, 0) is 9.53 Å². The first kappa shape index (κ1) is 16.3. The van der Waals surface area contributed by atoms with Gasteiger partial charge in [-0.3, -0.25) is 0 Å². The van der Waals surface area contributed by atoms with Crippen molar-refractivity contribution in [3.8, 4) is 0 Å². The van der Waals surface area contributed by atoms with Gasteiger partial charge in [0.25, 0.3) is 0 Å². The topological polar surface area (TPSA) is 127 Å². The molecule has 0 amide bonds. The van der Waals surface area contributed by atoms with Crippen LogP contribution in [0, 0.1) is 0 Å². The molecule has 0 aliphatic carbocycles. The van der Waals surface area contributed by atoms with E-state index in [1.807, 2.05) is 0 Å². The number of rotatable bonds is 5. The van der Waals surface area contributed by atoms with Gasteiger partial charge in [0.15, 0.2) is 6.10 Å². The van der Waals surface area contributed by atoms with Crippen LogP contribution in [0.4, 0.5) is 0 Å². The van der Waals surface area contributed by atoms with E-state index in [1.54, 1.807) is 20.8 Å². The van der Waals surface area contributed by atoms with Gasteiger partial charge in [-0.15, -0.1) is 0 Å². The second-order valence-corrected chi connectivity index (χ2v) is 4.71. The molecule has 4 atom stereocenters. The number of esters is 1. The zero-order chi connectivity index (χ0) is 13.8. The maximum absolute atomic E-state index is 11.3. The minimum absolute atomic E-state index is 0.806. The summed E-state index contributed by atoms with van der Waals surface area (Å²) in [4.78, 5) is 11.3. The normalized spacial score (nSPS) is 19.3. The Morgan fingerprint density at radius 1 is 1.12 bits per heavy atom. The van der Waals surface area contributed by atoms with E-state index < -0.39 is 42.6 Å². The average molecular weight is 252 g/mol. The van der Waals surface area contributed by atoms with Gasteiger partial charge in [-0.25, -0.2) is 4.79 Å². The van der Waals surface area contributed by atoms with Gasteiger partial charge in [0.1, 0.15) is 23.9 Å². The van der Waals surface area contributed by atoms with E-state index in [4.69, 9.17) is 14.9 Å². The molecule has 0 fully saturated rings. The van der Waals surface area contributed by atoms with Gasteiger partial charge in [0.2, 0.25) is 0 Å². The molecular formula is C10H20O7. The van der Waals surface area contributed by atoms with Crippen molar-refractivity contribution in [2.45, 2.75) is 50.8 Å². The summed E-state index contributed by atoms with van der Waals surface area (Å²) in [5.74, 6) is -1.12. The Bertz CT molecular complexity index is 248. The fourth-order valence-corrected chi connectivity index (χ4v) is 1.02. The van der Waals surface area contributed by atoms with Crippen molar-refractivity contribution in [1.29, 1.82) is 0 Å². The van der Waals surface area contributed by atoms with Crippen LogP contribution in [0.1, 0.15) is 20.8 Å². The Balaban J connectivity index is 4.49. The minimum atomic E-state index is -1.99. The lowest BCUT2D eigenvalue weighted by molar-refractivity contribution is -0.180.